The first-order chi connectivity index (χ1) is 17.3. The molecule has 36 heavy (non-hydrogen) atoms. The van der Waals surface area contributed by atoms with E-state index in [0.29, 0.717) is 29.4 Å². The maximum absolute atomic E-state index is 13.9. The molecule has 2 aromatic carbocycles. The maximum atomic E-state index is 13.9. The third kappa shape index (κ3) is 4.15. The fourth-order valence-electron chi connectivity index (χ4n) is 4.73. The van der Waals surface area contributed by atoms with E-state index in [2.05, 4.69) is 10.4 Å². The van der Waals surface area contributed by atoms with Crippen LogP contribution in [0.2, 0.25) is 0 Å². The van der Waals surface area contributed by atoms with E-state index in [1.807, 2.05) is 56.3 Å². The molecule has 5 rings (SSSR count). The summed E-state index contributed by atoms with van der Waals surface area (Å²) in [5.41, 5.74) is 3.35. The van der Waals surface area contributed by atoms with E-state index in [4.69, 9.17) is 9.15 Å². The molecule has 0 radical (unpaired) electrons. The van der Waals surface area contributed by atoms with Gasteiger partial charge in [-0.2, -0.15) is 5.10 Å². The highest BCUT2D eigenvalue weighted by molar-refractivity contribution is 6.12. The summed E-state index contributed by atoms with van der Waals surface area (Å²) in [6.07, 6.45) is 1.56. The largest absolute Gasteiger partial charge is 0.497 e. The lowest BCUT2D eigenvalue weighted by Crippen LogP contribution is -2.64. The molecule has 1 aliphatic heterocycles. The summed E-state index contributed by atoms with van der Waals surface area (Å²) < 4.78 is 12.3. The molecule has 8 nitrogen and oxygen atoms in total. The number of hydrogen-bond acceptors (Lipinski definition) is 5. The van der Waals surface area contributed by atoms with Gasteiger partial charge in [0.25, 0.3) is 5.91 Å². The van der Waals surface area contributed by atoms with Crippen LogP contribution in [0.1, 0.15) is 34.1 Å². The van der Waals surface area contributed by atoms with Crippen molar-refractivity contribution in [1.82, 2.24) is 15.1 Å². The molecule has 184 valence electrons. The highest BCUT2D eigenvalue weighted by Gasteiger charge is 2.49. The Kier molecular flexibility index (Phi) is 5.88. The summed E-state index contributed by atoms with van der Waals surface area (Å²) >= 11 is 0. The van der Waals surface area contributed by atoms with Crippen LogP contribution in [0.3, 0.4) is 0 Å². The molecule has 1 N–H and O–H groups in total. The van der Waals surface area contributed by atoms with Crippen LogP contribution in [0.15, 0.2) is 71.3 Å². The normalized spacial score (nSPS) is 17.1. The summed E-state index contributed by atoms with van der Waals surface area (Å²) in [5.74, 6) is 0.743. The maximum Gasteiger partial charge on any atom is 0.277 e. The summed E-state index contributed by atoms with van der Waals surface area (Å²) in [6.45, 7) is 6.24. The summed E-state index contributed by atoms with van der Waals surface area (Å²) in [5, 5.41) is 7.63. The molecule has 3 heterocycles. The van der Waals surface area contributed by atoms with E-state index < -0.39 is 5.54 Å². The third-order valence-electron chi connectivity index (χ3n) is 6.49. The number of furan rings is 1. The highest BCUT2D eigenvalue weighted by Crippen LogP contribution is 2.35. The number of ether oxygens (including phenoxy) is 1. The van der Waals surface area contributed by atoms with Gasteiger partial charge in [-0.3, -0.25) is 19.2 Å². The number of hydrogen-bond donors (Lipinski definition) is 1. The zero-order chi connectivity index (χ0) is 25.4. The van der Waals surface area contributed by atoms with Gasteiger partial charge in [0, 0.05) is 18.3 Å². The first kappa shape index (κ1) is 23.4. The lowest BCUT2D eigenvalue weighted by Gasteiger charge is -2.43. The molecule has 1 aliphatic rings. The van der Waals surface area contributed by atoms with Gasteiger partial charge in [0.2, 0.25) is 5.91 Å². The van der Waals surface area contributed by atoms with Crippen LogP contribution >= 0.6 is 0 Å². The molecule has 0 saturated heterocycles. The Labute approximate surface area is 209 Å². The lowest BCUT2D eigenvalue weighted by atomic mass is 9.93. The summed E-state index contributed by atoms with van der Waals surface area (Å²) in [4.78, 5) is 29.3. The molecule has 2 aromatic heterocycles. The first-order valence-electron chi connectivity index (χ1n) is 11.7. The first-order valence-corrected chi connectivity index (χ1v) is 11.7. The quantitative estimate of drug-likeness (QED) is 0.435. The number of fused-ring (bicyclic) bond motifs is 1. The van der Waals surface area contributed by atoms with Crippen molar-refractivity contribution in [1.29, 1.82) is 0 Å². The van der Waals surface area contributed by atoms with Crippen LogP contribution in [-0.2, 0) is 17.9 Å². The van der Waals surface area contributed by atoms with Gasteiger partial charge in [0.05, 0.1) is 19.9 Å². The molecule has 1 atom stereocenters. The van der Waals surface area contributed by atoms with Gasteiger partial charge in [0.1, 0.15) is 22.7 Å². The highest BCUT2D eigenvalue weighted by atomic mass is 16.5. The van der Waals surface area contributed by atoms with E-state index in [0.717, 1.165) is 22.4 Å². The molecule has 0 spiro atoms. The fraction of sp³-hybridized carbons (Fsp3) is 0.250. The van der Waals surface area contributed by atoms with Crippen LogP contribution in [-0.4, -0.2) is 34.2 Å². The van der Waals surface area contributed by atoms with Crippen molar-refractivity contribution in [2.45, 2.75) is 39.4 Å². The monoisotopic (exact) mass is 484 g/mol. The summed E-state index contributed by atoms with van der Waals surface area (Å²) in [7, 11) is 1.61. The molecule has 0 bridgehead atoms. The Bertz CT molecular complexity index is 1400. The van der Waals surface area contributed by atoms with Crippen LogP contribution in [0.25, 0.3) is 11.5 Å². The SMILES string of the molecule is COc1ccc(CNC(=O)C2(C)Cn3nc(-c4ccco4)cc3C(=O)N2c2cc(C)cc(C)c2)cc1. The predicted octanol–water partition coefficient (Wildman–Crippen LogP) is 4.50. The Balaban J connectivity index is 1.52. The minimum absolute atomic E-state index is 0.191. The number of nitrogens with zero attached hydrogens (tertiary/aromatic N) is 3. The molecular formula is C28H28N4O4. The molecule has 8 heteroatoms. The van der Waals surface area contributed by atoms with Crippen molar-refractivity contribution in [2.24, 2.45) is 0 Å². The molecule has 2 amide bonds. The predicted molar refractivity (Wildman–Crippen MR) is 136 cm³/mol. The van der Waals surface area contributed by atoms with Crippen LogP contribution in [0, 0.1) is 13.8 Å². The number of anilines is 1. The second kappa shape index (κ2) is 9.03. The minimum atomic E-state index is -1.22. The fourth-order valence-corrected chi connectivity index (χ4v) is 4.73. The third-order valence-corrected chi connectivity index (χ3v) is 6.49. The standard InChI is InChI=1S/C28H28N4O4/c1-18-12-19(2)14-21(13-18)32-26(33)24-15-23(25-6-5-11-36-25)30-31(24)17-28(32,3)27(34)29-16-20-7-9-22(35-4)10-8-20/h5-15H,16-17H2,1-4H3,(H,29,34). The van der Waals surface area contributed by atoms with E-state index in [1.165, 1.54) is 0 Å². The van der Waals surface area contributed by atoms with Crippen LogP contribution in [0.4, 0.5) is 5.69 Å². The second-order valence-corrected chi connectivity index (χ2v) is 9.34. The number of rotatable bonds is 6. The lowest BCUT2D eigenvalue weighted by molar-refractivity contribution is -0.126. The zero-order valence-corrected chi connectivity index (χ0v) is 20.7. The van der Waals surface area contributed by atoms with Crippen molar-refractivity contribution >= 4 is 17.5 Å². The van der Waals surface area contributed by atoms with Gasteiger partial charge in [-0.15, -0.1) is 0 Å². The summed E-state index contributed by atoms with van der Waals surface area (Å²) in [6, 6.07) is 18.7. The molecular weight excluding hydrogens is 456 g/mol. The smallest absolute Gasteiger partial charge is 0.277 e. The molecule has 0 aliphatic carbocycles. The average molecular weight is 485 g/mol. The van der Waals surface area contributed by atoms with Gasteiger partial charge in [-0.05, 0) is 73.9 Å². The van der Waals surface area contributed by atoms with Crippen molar-refractivity contribution < 1.29 is 18.7 Å². The van der Waals surface area contributed by atoms with Crippen molar-refractivity contribution in [3.05, 3.63) is 89.3 Å². The Hall–Kier alpha value is -4.33. The average Bonchev–Trinajstić information content (AvgIpc) is 3.52. The van der Waals surface area contributed by atoms with Crippen molar-refractivity contribution in [3.63, 3.8) is 0 Å². The number of carbonyl (C=O) groups excluding carboxylic acids is 2. The van der Waals surface area contributed by atoms with E-state index in [-0.39, 0.29) is 18.4 Å². The van der Waals surface area contributed by atoms with Crippen molar-refractivity contribution in [3.8, 4) is 17.2 Å². The van der Waals surface area contributed by atoms with Crippen molar-refractivity contribution in [2.75, 3.05) is 12.0 Å². The van der Waals surface area contributed by atoms with E-state index in [9.17, 15) is 9.59 Å². The molecule has 0 saturated carbocycles. The van der Waals surface area contributed by atoms with E-state index in [1.54, 1.807) is 48.1 Å². The van der Waals surface area contributed by atoms with Gasteiger partial charge >= 0.3 is 0 Å². The Morgan fingerprint density at radius 2 is 1.83 bits per heavy atom. The minimum Gasteiger partial charge on any atom is -0.497 e. The number of aryl methyl sites for hydroxylation is 2. The number of methoxy groups -OCH3 is 1. The topological polar surface area (TPSA) is 89.6 Å². The number of carbonyl (C=O) groups is 2. The second-order valence-electron chi connectivity index (χ2n) is 9.34. The zero-order valence-electron chi connectivity index (χ0n) is 20.7. The number of benzene rings is 2. The molecule has 0 fully saturated rings. The Morgan fingerprint density at radius 3 is 2.47 bits per heavy atom. The molecule has 1 unspecified atom stereocenters. The number of aromatic nitrogens is 2. The number of amides is 2. The van der Waals surface area contributed by atoms with Gasteiger partial charge < -0.3 is 14.5 Å². The Morgan fingerprint density at radius 1 is 1.11 bits per heavy atom. The van der Waals surface area contributed by atoms with Gasteiger partial charge in [-0.1, -0.05) is 18.2 Å². The van der Waals surface area contributed by atoms with Gasteiger partial charge in [-0.25, -0.2) is 0 Å². The van der Waals surface area contributed by atoms with Crippen LogP contribution < -0.4 is 15.0 Å². The molecule has 4 aromatic rings. The van der Waals surface area contributed by atoms with Gasteiger partial charge in [0.15, 0.2) is 5.76 Å². The van der Waals surface area contributed by atoms with E-state index >= 15 is 0 Å². The number of nitrogens with one attached hydrogen (secondary N) is 1. The van der Waals surface area contributed by atoms with Crippen LogP contribution in [0.5, 0.6) is 5.75 Å².